The highest BCUT2D eigenvalue weighted by Gasteiger charge is 1.94. The lowest BCUT2D eigenvalue weighted by Gasteiger charge is -2.00. The third-order valence-corrected chi connectivity index (χ3v) is 1.75. The molecule has 0 spiro atoms. The number of rotatable bonds is 6. The molecule has 11 heavy (non-hydrogen) atoms. The fraction of sp³-hybridized carbons (Fsp3) is 0.889. The number of hydrogen-bond donors (Lipinski definition) is 1. The fourth-order valence-corrected chi connectivity index (χ4v) is 0.991. The second-order valence-corrected chi connectivity index (χ2v) is 2.79. The predicted molar refractivity (Wildman–Crippen MR) is 48.1 cm³/mol. The van der Waals surface area contributed by atoms with Crippen LogP contribution in [-0.4, -0.2) is 13.0 Å². The second kappa shape index (κ2) is 7.58. The molecule has 0 heterocycles. The van der Waals surface area contributed by atoms with E-state index in [-0.39, 0.29) is 0 Å². The Morgan fingerprint density at radius 2 is 1.82 bits per heavy atom. The Hall–Kier alpha value is -0.530. The Kier molecular flexibility index (Phi) is 7.21. The van der Waals surface area contributed by atoms with Crippen LogP contribution in [-0.2, 0) is 4.74 Å². The molecule has 0 bridgehead atoms. The van der Waals surface area contributed by atoms with Gasteiger partial charge >= 0.3 is 0 Å². The van der Waals surface area contributed by atoms with Crippen molar-refractivity contribution in [1.82, 2.24) is 0 Å². The maximum atomic E-state index is 7.20. The van der Waals surface area contributed by atoms with Gasteiger partial charge in [0.25, 0.3) is 0 Å². The molecule has 66 valence electrons. The van der Waals surface area contributed by atoms with Gasteiger partial charge in [0.2, 0.25) is 0 Å². The average Bonchev–Trinajstić information content (AvgIpc) is 2.04. The first-order valence-corrected chi connectivity index (χ1v) is 4.42. The van der Waals surface area contributed by atoms with E-state index in [0.29, 0.717) is 5.90 Å². The second-order valence-electron chi connectivity index (χ2n) is 2.79. The zero-order valence-electron chi connectivity index (χ0n) is 7.65. The van der Waals surface area contributed by atoms with Gasteiger partial charge in [0.1, 0.15) is 0 Å². The fourth-order valence-electron chi connectivity index (χ4n) is 0.991. The Balaban J connectivity index is 2.95. The van der Waals surface area contributed by atoms with E-state index in [1.54, 1.807) is 7.11 Å². The van der Waals surface area contributed by atoms with Crippen LogP contribution < -0.4 is 0 Å². The summed E-state index contributed by atoms with van der Waals surface area (Å²) in [5.74, 6) is 0.418. The van der Waals surface area contributed by atoms with E-state index in [1.165, 1.54) is 25.7 Å². The highest BCUT2D eigenvalue weighted by molar-refractivity contribution is 5.72. The molecule has 1 N–H and O–H groups in total. The quantitative estimate of drug-likeness (QED) is 0.359. The molecule has 0 unspecified atom stereocenters. The molecule has 0 aliphatic carbocycles. The van der Waals surface area contributed by atoms with Gasteiger partial charge in [-0.05, 0) is 6.42 Å². The summed E-state index contributed by atoms with van der Waals surface area (Å²) >= 11 is 0. The average molecular weight is 157 g/mol. The zero-order chi connectivity index (χ0) is 8.53. The van der Waals surface area contributed by atoms with Crippen LogP contribution >= 0.6 is 0 Å². The van der Waals surface area contributed by atoms with E-state index < -0.39 is 0 Å². The summed E-state index contributed by atoms with van der Waals surface area (Å²) in [4.78, 5) is 0. The molecule has 0 aliphatic heterocycles. The van der Waals surface area contributed by atoms with Crippen LogP contribution in [0.15, 0.2) is 0 Å². The first kappa shape index (κ1) is 10.5. The third kappa shape index (κ3) is 7.37. The van der Waals surface area contributed by atoms with Gasteiger partial charge in [-0.15, -0.1) is 0 Å². The molecular formula is C9H19NO. The van der Waals surface area contributed by atoms with Crippen LogP contribution in [0.4, 0.5) is 0 Å². The van der Waals surface area contributed by atoms with Gasteiger partial charge in [0.05, 0.1) is 7.11 Å². The van der Waals surface area contributed by atoms with Gasteiger partial charge < -0.3 is 4.74 Å². The zero-order valence-corrected chi connectivity index (χ0v) is 7.65. The number of unbranched alkanes of at least 4 members (excludes halogenated alkanes) is 4. The summed E-state index contributed by atoms with van der Waals surface area (Å²) in [6.45, 7) is 2.21. The van der Waals surface area contributed by atoms with E-state index >= 15 is 0 Å². The Labute approximate surface area is 69.5 Å². The molecule has 0 saturated carbocycles. The number of methoxy groups -OCH3 is 1. The highest BCUT2D eigenvalue weighted by Crippen LogP contribution is 2.05. The standard InChI is InChI=1S/C9H19NO/c1-3-4-5-6-7-8-9(10)11-2/h10H,3-8H2,1-2H3. The monoisotopic (exact) mass is 157 g/mol. The SMILES string of the molecule is CCCCCCCC(=N)OC. The van der Waals surface area contributed by atoms with Crippen molar-refractivity contribution in [2.24, 2.45) is 0 Å². The Morgan fingerprint density at radius 1 is 1.18 bits per heavy atom. The minimum Gasteiger partial charge on any atom is -0.484 e. The molecular weight excluding hydrogens is 138 g/mol. The topological polar surface area (TPSA) is 33.1 Å². The van der Waals surface area contributed by atoms with E-state index in [2.05, 4.69) is 6.92 Å². The van der Waals surface area contributed by atoms with Crippen molar-refractivity contribution >= 4 is 5.90 Å². The summed E-state index contributed by atoms with van der Waals surface area (Å²) in [5.41, 5.74) is 0. The molecule has 0 aromatic rings. The minimum absolute atomic E-state index is 0.418. The lowest BCUT2D eigenvalue weighted by molar-refractivity contribution is 0.383. The Bertz CT molecular complexity index is 102. The van der Waals surface area contributed by atoms with Gasteiger partial charge in [-0.25, -0.2) is 0 Å². The van der Waals surface area contributed by atoms with Gasteiger partial charge in [-0.2, -0.15) is 0 Å². The van der Waals surface area contributed by atoms with Crippen molar-refractivity contribution in [3.63, 3.8) is 0 Å². The first-order valence-electron chi connectivity index (χ1n) is 4.42. The van der Waals surface area contributed by atoms with E-state index in [9.17, 15) is 0 Å². The largest absolute Gasteiger partial charge is 0.484 e. The van der Waals surface area contributed by atoms with Crippen LogP contribution in [0.2, 0.25) is 0 Å². The van der Waals surface area contributed by atoms with E-state index in [1.807, 2.05) is 0 Å². The molecule has 0 saturated heterocycles. The van der Waals surface area contributed by atoms with Crippen molar-refractivity contribution in [1.29, 1.82) is 5.41 Å². The van der Waals surface area contributed by atoms with Gasteiger partial charge in [-0.1, -0.05) is 32.6 Å². The van der Waals surface area contributed by atoms with Crippen molar-refractivity contribution < 1.29 is 4.74 Å². The van der Waals surface area contributed by atoms with Crippen molar-refractivity contribution in [2.75, 3.05) is 7.11 Å². The van der Waals surface area contributed by atoms with Gasteiger partial charge in [0.15, 0.2) is 5.90 Å². The molecule has 0 aliphatic rings. The van der Waals surface area contributed by atoms with Crippen molar-refractivity contribution in [2.45, 2.75) is 45.4 Å². The van der Waals surface area contributed by atoms with Crippen LogP contribution in [0, 0.1) is 5.41 Å². The van der Waals surface area contributed by atoms with Crippen LogP contribution in [0.1, 0.15) is 45.4 Å². The molecule has 0 aromatic carbocycles. The molecule has 0 amide bonds. The maximum absolute atomic E-state index is 7.20. The van der Waals surface area contributed by atoms with Crippen molar-refractivity contribution in [3.8, 4) is 0 Å². The predicted octanol–water partition coefficient (Wildman–Crippen LogP) is 2.97. The number of hydrogen-bond acceptors (Lipinski definition) is 2. The van der Waals surface area contributed by atoms with E-state index in [0.717, 1.165) is 12.8 Å². The maximum Gasteiger partial charge on any atom is 0.180 e. The minimum atomic E-state index is 0.418. The first-order chi connectivity index (χ1) is 5.31. The van der Waals surface area contributed by atoms with Crippen LogP contribution in [0.3, 0.4) is 0 Å². The molecule has 0 rings (SSSR count). The molecule has 0 aromatic heterocycles. The molecule has 0 atom stereocenters. The normalized spacial score (nSPS) is 9.64. The van der Waals surface area contributed by atoms with Gasteiger partial charge in [-0.3, -0.25) is 5.41 Å². The summed E-state index contributed by atoms with van der Waals surface area (Å²) < 4.78 is 4.74. The van der Waals surface area contributed by atoms with Gasteiger partial charge in [0, 0.05) is 6.42 Å². The molecule has 2 heteroatoms. The summed E-state index contributed by atoms with van der Waals surface area (Å²) in [5, 5.41) is 7.20. The summed E-state index contributed by atoms with van der Waals surface area (Å²) in [6.07, 6.45) is 7.04. The molecule has 0 radical (unpaired) electrons. The summed E-state index contributed by atoms with van der Waals surface area (Å²) in [6, 6.07) is 0. The number of ether oxygens (including phenoxy) is 1. The number of nitrogens with one attached hydrogen (secondary N) is 1. The highest BCUT2D eigenvalue weighted by atomic mass is 16.5. The van der Waals surface area contributed by atoms with Crippen LogP contribution in [0.5, 0.6) is 0 Å². The molecule has 0 fully saturated rings. The van der Waals surface area contributed by atoms with Crippen molar-refractivity contribution in [3.05, 3.63) is 0 Å². The Morgan fingerprint density at radius 3 is 2.36 bits per heavy atom. The van der Waals surface area contributed by atoms with E-state index in [4.69, 9.17) is 10.1 Å². The lowest BCUT2D eigenvalue weighted by Crippen LogP contribution is -1.97. The third-order valence-electron chi connectivity index (χ3n) is 1.75. The smallest absolute Gasteiger partial charge is 0.180 e. The lowest BCUT2D eigenvalue weighted by atomic mass is 10.1. The molecule has 2 nitrogen and oxygen atoms in total. The summed E-state index contributed by atoms with van der Waals surface area (Å²) in [7, 11) is 1.56. The van der Waals surface area contributed by atoms with Crippen LogP contribution in [0.25, 0.3) is 0 Å².